The van der Waals surface area contributed by atoms with Crippen LogP contribution < -0.4 is 0 Å². The topological polar surface area (TPSA) is 64.2 Å². The number of amides is 3. The maximum atomic E-state index is 12.5. The molecule has 0 spiro atoms. The van der Waals surface area contributed by atoms with E-state index in [4.69, 9.17) is 0 Å². The number of hydrogen-bond acceptors (Lipinski definition) is 4. The minimum absolute atomic E-state index is 0.0744. The Hall–Kier alpha value is -2.67. The number of benzene rings is 1. The highest BCUT2D eigenvalue weighted by atomic mass is 16.2. The molecule has 28 heavy (non-hydrogen) atoms. The Morgan fingerprint density at radius 2 is 1.39 bits per heavy atom. The van der Waals surface area contributed by atoms with Gasteiger partial charge in [-0.25, -0.2) is 0 Å². The molecule has 1 aromatic carbocycles. The molecule has 2 aliphatic rings. The van der Waals surface area contributed by atoms with Crippen molar-refractivity contribution in [3.05, 3.63) is 42.0 Å². The lowest BCUT2D eigenvalue weighted by Gasteiger charge is -2.35. The molecular formula is C21H28N4O3. The fourth-order valence-corrected chi connectivity index (χ4v) is 3.51. The van der Waals surface area contributed by atoms with Crippen LogP contribution in [0.5, 0.6) is 0 Å². The Balaban J connectivity index is 1.37. The van der Waals surface area contributed by atoms with Crippen LogP contribution in [-0.4, -0.2) is 96.7 Å². The predicted molar refractivity (Wildman–Crippen MR) is 107 cm³/mol. The summed E-state index contributed by atoms with van der Waals surface area (Å²) in [5.41, 5.74) is 1.18. The molecule has 7 heteroatoms. The van der Waals surface area contributed by atoms with E-state index in [1.54, 1.807) is 14.7 Å². The summed E-state index contributed by atoms with van der Waals surface area (Å²) in [7, 11) is 0. The zero-order valence-electron chi connectivity index (χ0n) is 16.2. The molecule has 3 rings (SSSR count). The third kappa shape index (κ3) is 5.66. The second-order valence-electron chi connectivity index (χ2n) is 7.19. The van der Waals surface area contributed by atoms with Crippen LogP contribution in [0.3, 0.4) is 0 Å². The van der Waals surface area contributed by atoms with E-state index >= 15 is 0 Å². The molecule has 2 heterocycles. The Morgan fingerprint density at radius 3 is 1.96 bits per heavy atom. The summed E-state index contributed by atoms with van der Waals surface area (Å²) in [4.78, 5) is 43.0. The SMILES string of the molecule is O=CN1CCN(C(=O)CC(=O)N2CCN(C/C=C/c3ccccc3)CC2)CC1. The third-order valence-electron chi connectivity index (χ3n) is 5.32. The van der Waals surface area contributed by atoms with Crippen LogP contribution in [0, 0.1) is 0 Å². The second-order valence-corrected chi connectivity index (χ2v) is 7.19. The monoisotopic (exact) mass is 384 g/mol. The third-order valence-corrected chi connectivity index (χ3v) is 5.32. The van der Waals surface area contributed by atoms with Crippen LogP contribution in [0.1, 0.15) is 12.0 Å². The van der Waals surface area contributed by atoms with Gasteiger partial charge in [0.05, 0.1) is 0 Å². The van der Waals surface area contributed by atoms with Crippen LogP contribution in [0.25, 0.3) is 6.08 Å². The van der Waals surface area contributed by atoms with Gasteiger partial charge in [0, 0.05) is 58.9 Å². The second kappa shape index (κ2) is 10.0. The summed E-state index contributed by atoms with van der Waals surface area (Å²) >= 11 is 0. The number of hydrogen-bond donors (Lipinski definition) is 0. The van der Waals surface area contributed by atoms with Gasteiger partial charge >= 0.3 is 0 Å². The fraction of sp³-hybridized carbons (Fsp3) is 0.476. The lowest BCUT2D eigenvalue weighted by Crippen LogP contribution is -2.51. The van der Waals surface area contributed by atoms with Gasteiger partial charge in [-0.3, -0.25) is 19.3 Å². The lowest BCUT2D eigenvalue weighted by molar-refractivity contribution is -0.143. The first kappa shape index (κ1) is 20.1. The van der Waals surface area contributed by atoms with E-state index in [2.05, 4.69) is 29.2 Å². The van der Waals surface area contributed by atoms with Crippen LogP contribution in [0.15, 0.2) is 36.4 Å². The van der Waals surface area contributed by atoms with Crippen LogP contribution in [0.2, 0.25) is 0 Å². The Labute approximate surface area is 166 Å². The molecule has 3 amide bonds. The van der Waals surface area contributed by atoms with Crippen LogP contribution in [-0.2, 0) is 14.4 Å². The van der Waals surface area contributed by atoms with Crippen molar-refractivity contribution in [2.24, 2.45) is 0 Å². The van der Waals surface area contributed by atoms with Gasteiger partial charge < -0.3 is 14.7 Å². The normalized spacial score (nSPS) is 18.5. The van der Waals surface area contributed by atoms with E-state index < -0.39 is 0 Å². The van der Waals surface area contributed by atoms with E-state index in [0.29, 0.717) is 39.3 Å². The first-order valence-electron chi connectivity index (χ1n) is 9.84. The zero-order valence-corrected chi connectivity index (χ0v) is 16.2. The van der Waals surface area contributed by atoms with Gasteiger partial charge in [-0.2, -0.15) is 0 Å². The largest absolute Gasteiger partial charge is 0.342 e. The molecule has 0 atom stereocenters. The number of carbonyl (C=O) groups is 3. The number of rotatable bonds is 6. The van der Waals surface area contributed by atoms with Crippen LogP contribution >= 0.6 is 0 Å². The number of piperazine rings is 2. The molecule has 0 N–H and O–H groups in total. The Bertz CT molecular complexity index is 691. The summed E-state index contributed by atoms with van der Waals surface area (Å²) in [6, 6.07) is 10.2. The summed E-state index contributed by atoms with van der Waals surface area (Å²) in [5, 5.41) is 0. The van der Waals surface area contributed by atoms with Gasteiger partial charge in [0.25, 0.3) is 0 Å². The number of nitrogens with zero attached hydrogens (tertiary/aromatic N) is 4. The molecule has 7 nitrogen and oxygen atoms in total. The van der Waals surface area contributed by atoms with Crippen molar-refractivity contribution in [2.75, 3.05) is 58.9 Å². The fourth-order valence-electron chi connectivity index (χ4n) is 3.51. The van der Waals surface area contributed by atoms with Gasteiger partial charge in [0.15, 0.2) is 0 Å². The highest BCUT2D eigenvalue weighted by Crippen LogP contribution is 2.08. The minimum atomic E-state index is -0.135. The molecule has 1 aromatic rings. The molecule has 2 aliphatic heterocycles. The van der Waals surface area contributed by atoms with Gasteiger partial charge in [0.2, 0.25) is 18.2 Å². The average molecular weight is 384 g/mol. The van der Waals surface area contributed by atoms with E-state index in [1.165, 1.54) is 5.56 Å². The molecule has 150 valence electrons. The molecule has 2 fully saturated rings. The van der Waals surface area contributed by atoms with E-state index in [0.717, 1.165) is 26.0 Å². The summed E-state index contributed by atoms with van der Waals surface area (Å²) < 4.78 is 0. The highest BCUT2D eigenvalue weighted by Gasteiger charge is 2.26. The van der Waals surface area contributed by atoms with E-state index in [9.17, 15) is 14.4 Å². The van der Waals surface area contributed by atoms with E-state index in [-0.39, 0.29) is 18.2 Å². The van der Waals surface area contributed by atoms with Crippen molar-refractivity contribution >= 4 is 24.3 Å². The van der Waals surface area contributed by atoms with Crippen molar-refractivity contribution in [2.45, 2.75) is 6.42 Å². The maximum absolute atomic E-state index is 12.5. The maximum Gasteiger partial charge on any atom is 0.232 e. The lowest BCUT2D eigenvalue weighted by atomic mass is 10.2. The van der Waals surface area contributed by atoms with Gasteiger partial charge in [0.1, 0.15) is 6.42 Å². The first-order valence-corrected chi connectivity index (χ1v) is 9.84. The standard InChI is InChI=1S/C21H28N4O3/c26-18-23-11-15-25(16-12-23)21(28)17-20(27)24-13-9-22(10-14-24)8-4-7-19-5-2-1-3-6-19/h1-7,18H,8-17H2/b7-4+. The Morgan fingerprint density at radius 1 is 0.821 bits per heavy atom. The smallest absolute Gasteiger partial charge is 0.232 e. The van der Waals surface area contributed by atoms with Gasteiger partial charge in [-0.1, -0.05) is 42.5 Å². The summed E-state index contributed by atoms with van der Waals surface area (Å²) in [6.07, 6.45) is 4.99. The molecule has 0 radical (unpaired) electrons. The van der Waals surface area contributed by atoms with E-state index in [1.807, 2.05) is 18.2 Å². The summed E-state index contributed by atoms with van der Waals surface area (Å²) in [6.45, 7) is 5.90. The molecule has 0 bridgehead atoms. The zero-order chi connectivity index (χ0) is 19.8. The van der Waals surface area contributed by atoms with Crippen molar-refractivity contribution in [3.63, 3.8) is 0 Å². The minimum Gasteiger partial charge on any atom is -0.342 e. The van der Waals surface area contributed by atoms with Crippen molar-refractivity contribution in [1.29, 1.82) is 0 Å². The van der Waals surface area contributed by atoms with Crippen molar-refractivity contribution < 1.29 is 14.4 Å². The molecule has 0 aromatic heterocycles. The molecule has 0 aliphatic carbocycles. The predicted octanol–water partition coefficient (Wildman–Crippen LogP) is 0.535. The van der Waals surface area contributed by atoms with Crippen LogP contribution in [0.4, 0.5) is 0 Å². The van der Waals surface area contributed by atoms with Crippen molar-refractivity contribution in [1.82, 2.24) is 19.6 Å². The quantitative estimate of drug-likeness (QED) is 0.530. The molecule has 0 saturated carbocycles. The first-order chi connectivity index (χ1) is 13.7. The molecule has 0 unspecified atom stereocenters. The van der Waals surface area contributed by atoms with Gasteiger partial charge in [-0.15, -0.1) is 0 Å². The molecule has 2 saturated heterocycles. The van der Waals surface area contributed by atoms with Gasteiger partial charge in [-0.05, 0) is 5.56 Å². The Kier molecular flexibility index (Phi) is 7.19. The summed E-state index contributed by atoms with van der Waals surface area (Å²) in [5.74, 6) is -0.230. The van der Waals surface area contributed by atoms with Crippen molar-refractivity contribution in [3.8, 4) is 0 Å². The number of carbonyl (C=O) groups excluding carboxylic acids is 3. The molecular weight excluding hydrogens is 356 g/mol. The highest BCUT2D eigenvalue weighted by molar-refractivity contribution is 5.97. The average Bonchev–Trinajstić information content (AvgIpc) is 2.75.